The van der Waals surface area contributed by atoms with Crippen molar-refractivity contribution < 1.29 is 18.4 Å². The monoisotopic (exact) mass is 419 g/mol. The van der Waals surface area contributed by atoms with E-state index < -0.39 is 17.5 Å². The Morgan fingerprint density at radius 3 is 2.54 bits per heavy atom. The van der Waals surface area contributed by atoms with E-state index in [9.17, 15) is 18.4 Å². The maximum Gasteiger partial charge on any atom is 0.256 e. The van der Waals surface area contributed by atoms with Crippen LogP contribution in [0.15, 0.2) is 52.9 Å². The van der Waals surface area contributed by atoms with Crippen molar-refractivity contribution in [1.29, 1.82) is 0 Å². The van der Waals surface area contributed by atoms with Gasteiger partial charge in [-0.05, 0) is 18.2 Å². The molecular weight excluding hydrogens is 404 g/mol. The highest BCUT2D eigenvalue weighted by Crippen LogP contribution is 2.37. The Labute approximate surface area is 168 Å². The maximum atomic E-state index is 13.4. The van der Waals surface area contributed by atoms with Gasteiger partial charge in [-0.3, -0.25) is 9.59 Å². The quantitative estimate of drug-likeness (QED) is 0.588. The van der Waals surface area contributed by atoms with E-state index in [1.165, 1.54) is 29.2 Å². The van der Waals surface area contributed by atoms with E-state index in [-0.39, 0.29) is 17.2 Å². The minimum atomic E-state index is -1.10. The van der Waals surface area contributed by atoms with Crippen LogP contribution in [0.2, 0.25) is 0 Å². The van der Waals surface area contributed by atoms with E-state index in [4.69, 9.17) is 0 Å². The Balaban J connectivity index is 1.89. The summed E-state index contributed by atoms with van der Waals surface area (Å²) in [6.45, 7) is 0. The topological polar surface area (TPSA) is 71.1 Å². The molecule has 28 heavy (non-hydrogen) atoms. The highest BCUT2D eigenvalue weighted by molar-refractivity contribution is 8.01. The smallest absolute Gasteiger partial charge is 0.256 e. The number of hydrogen-bond donors (Lipinski definition) is 2. The average molecular weight is 419 g/mol. The first-order chi connectivity index (χ1) is 13.5. The summed E-state index contributed by atoms with van der Waals surface area (Å²) in [5.41, 5.74) is 1.32. The summed E-state index contributed by atoms with van der Waals surface area (Å²) < 4.78 is 27.1. The van der Waals surface area contributed by atoms with Crippen molar-refractivity contribution in [3.8, 4) is 11.3 Å². The van der Waals surface area contributed by atoms with Crippen molar-refractivity contribution in [2.75, 3.05) is 18.1 Å². The first-order valence-electron chi connectivity index (χ1n) is 8.14. The maximum absolute atomic E-state index is 13.4. The molecule has 144 valence electrons. The van der Waals surface area contributed by atoms with E-state index in [1.54, 1.807) is 7.05 Å². The van der Waals surface area contributed by atoms with Crippen LogP contribution in [0.3, 0.4) is 0 Å². The van der Waals surface area contributed by atoms with E-state index in [1.807, 2.05) is 30.3 Å². The highest BCUT2D eigenvalue weighted by Gasteiger charge is 2.18. The van der Waals surface area contributed by atoms with Gasteiger partial charge in [-0.25, -0.2) is 13.8 Å². The van der Waals surface area contributed by atoms with Gasteiger partial charge in [0.2, 0.25) is 5.91 Å². The summed E-state index contributed by atoms with van der Waals surface area (Å²) in [4.78, 5) is 28.5. The molecule has 5 nitrogen and oxygen atoms in total. The lowest BCUT2D eigenvalue weighted by Gasteiger charge is -2.06. The molecular formula is C19H15F2N3O2S2. The molecule has 0 bridgehead atoms. The zero-order chi connectivity index (χ0) is 20.1. The number of amides is 2. The molecule has 0 aliphatic rings. The minimum Gasteiger partial charge on any atom is -0.358 e. The number of hydrogen-bond acceptors (Lipinski definition) is 5. The summed E-state index contributed by atoms with van der Waals surface area (Å²) in [5.74, 6) is -2.65. The van der Waals surface area contributed by atoms with Crippen LogP contribution >= 0.6 is 23.1 Å². The van der Waals surface area contributed by atoms with Gasteiger partial charge in [0.25, 0.3) is 5.91 Å². The number of nitrogens with one attached hydrogen (secondary N) is 2. The fraction of sp³-hybridized carbons (Fsp3) is 0.105. The van der Waals surface area contributed by atoms with Crippen LogP contribution in [0.4, 0.5) is 13.8 Å². The molecule has 0 spiro atoms. The summed E-state index contributed by atoms with van der Waals surface area (Å²) >= 11 is 2.45. The van der Waals surface area contributed by atoms with Crippen LogP contribution in [0.1, 0.15) is 10.4 Å². The Bertz CT molecular complexity index is 1010. The lowest BCUT2D eigenvalue weighted by Crippen LogP contribution is -2.19. The molecule has 0 saturated carbocycles. The normalized spacial score (nSPS) is 10.5. The summed E-state index contributed by atoms with van der Waals surface area (Å²) in [6.07, 6.45) is 0. The van der Waals surface area contributed by atoms with Crippen LogP contribution < -0.4 is 10.6 Å². The first-order valence-corrected chi connectivity index (χ1v) is 9.94. The van der Waals surface area contributed by atoms with E-state index in [0.29, 0.717) is 15.0 Å². The third-order valence-electron chi connectivity index (χ3n) is 3.67. The highest BCUT2D eigenvalue weighted by atomic mass is 32.2. The van der Waals surface area contributed by atoms with Crippen molar-refractivity contribution >= 4 is 39.9 Å². The molecule has 1 aromatic heterocycles. The Hall–Kier alpha value is -2.78. The lowest BCUT2D eigenvalue weighted by atomic mass is 10.1. The van der Waals surface area contributed by atoms with Crippen LogP contribution in [0.25, 0.3) is 11.3 Å². The molecule has 0 unspecified atom stereocenters. The molecule has 0 aliphatic carbocycles. The third kappa shape index (κ3) is 4.73. The molecule has 9 heteroatoms. The van der Waals surface area contributed by atoms with Crippen molar-refractivity contribution in [1.82, 2.24) is 10.3 Å². The molecule has 0 atom stereocenters. The Morgan fingerprint density at radius 1 is 1.11 bits per heavy atom. The zero-order valence-corrected chi connectivity index (χ0v) is 16.3. The summed E-state index contributed by atoms with van der Waals surface area (Å²) in [5, 5.41) is 5.70. The second-order valence-electron chi connectivity index (χ2n) is 5.57. The van der Waals surface area contributed by atoms with Gasteiger partial charge in [-0.1, -0.05) is 53.4 Å². The molecule has 1 heterocycles. The predicted octanol–water partition coefficient (Wildman–Crippen LogP) is 4.18. The molecule has 2 aromatic carbocycles. The lowest BCUT2D eigenvalue weighted by molar-refractivity contribution is -0.118. The van der Waals surface area contributed by atoms with Gasteiger partial charge < -0.3 is 10.6 Å². The average Bonchev–Trinajstić information content (AvgIpc) is 3.11. The summed E-state index contributed by atoms with van der Waals surface area (Å²) in [6, 6.07) is 12.2. The van der Waals surface area contributed by atoms with Gasteiger partial charge in [0.15, 0.2) is 16.0 Å². The number of nitrogens with zero attached hydrogens (tertiary/aromatic N) is 1. The number of carbonyl (C=O) groups is 2. The molecule has 3 rings (SSSR count). The second kappa shape index (κ2) is 8.94. The van der Waals surface area contributed by atoms with E-state index >= 15 is 0 Å². The number of rotatable bonds is 6. The van der Waals surface area contributed by atoms with Crippen molar-refractivity contribution in [2.24, 2.45) is 0 Å². The van der Waals surface area contributed by atoms with Gasteiger partial charge in [0.05, 0.1) is 5.75 Å². The Morgan fingerprint density at radius 2 is 1.86 bits per heavy atom. The molecule has 2 N–H and O–H groups in total. The van der Waals surface area contributed by atoms with Crippen molar-refractivity contribution in [3.63, 3.8) is 0 Å². The fourth-order valence-corrected chi connectivity index (χ4v) is 4.18. The number of anilines is 1. The van der Waals surface area contributed by atoms with Gasteiger partial charge in [0.1, 0.15) is 10.7 Å². The minimum absolute atomic E-state index is 0.00845. The Kier molecular flexibility index (Phi) is 6.37. The number of benzene rings is 2. The standard InChI is InChI=1S/C19H15F2N3O2S2/c1-22-15(25)10-27-19-23-16(11-5-3-2-4-6-11)18(28-19)24-17(26)12-7-8-13(20)14(21)9-12/h2-9H,10H2,1H3,(H,22,25)(H,24,26). The molecule has 0 radical (unpaired) electrons. The largest absolute Gasteiger partial charge is 0.358 e. The number of halogens is 2. The molecule has 3 aromatic rings. The fourth-order valence-electron chi connectivity index (χ4n) is 2.25. The van der Waals surface area contributed by atoms with E-state index in [0.717, 1.165) is 17.7 Å². The van der Waals surface area contributed by atoms with Crippen molar-refractivity contribution in [3.05, 3.63) is 65.7 Å². The third-order valence-corrected chi connectivity index (χ3v) is 5.78. The number of thiazole rings is 1. The first kappa shape index (κ1) is 20.0. The predicted molar refractivity (Wildman–Crippen MR) is 107 cm³/mol. The second-order valence-corrected chi connectivity index (χ2v) is 7.79. The van der Waals surface area contributed by atoms with Gasteiger partial charge >= 0.3 is 0 Å². The molecule has 2 amide bonds. The van der Waals surface area contributed by atoms with Crippen LogP contribution in [0.5, 0.6) is 0 Å². The van der Waals surface area contributed by atoms with Crippen LogP contribution in [-0.2, 0) is 4.79 Å². The molecule has 0 aliphatic heterocycles. The van der Waals surface area contributed by atoms with Crippen LogP contribution in [0, 0.1) is 11.6 Å². The number of carbonyl (C=O) groups excluding carboxylic acids is 2. The van der Waals surface area contributed by atoms with Gasteiger partial charge in [-0.15, -0.1) is 0 Å². The van der Waals surface area contributed by atoms with Crippen LogP contribution in [-0.4, -0.2) is 29.6 Å². The number of thioether (sulfide) groups is 1. The number of aromatic nitrogens is 1. The van der Waals surface area contributed by atoms with Crippen molar-refractivity contribution in [2.45, 2.75) is 4.34 Å². The SMILES string of the molecule is CNC(=O)CSc1nc(-c2ccccc2)c(NC(=O)c2ccc(F)c(F)c2)s1. The van der Waals surface area contributed by atoms with E-state index in [2.05, 4.69) is 15.6 Å². The van der Waals surface area contributed by atoms with Gasteiger partial charge in [-0.2, -0.15) is 0 Å². The van der Waals surface area contributed by atoms with Gasteiger partial charge in [0, 0.05) is 18.2 Å². The zero-order valence-electron chi connectivity index (χ0n) is 14.7. The molecule has 0 fully saturated rings. The summed E-state index contributed by atoms with van der Waals surface area (Å²) in [7, 11) is 1.55. The molecule has 0 saturated heterocycles.